The van der Waals surface area contributed by atoms with Crippen LogP contribution in [0.15, 0.2) is 27.4 Å². The Labute approximate surface area is 91.9 Å². The first kappa shape index (κ1) is 10.8. The monoisotopic (exact) mass is 221 g/mol. The van der Waals surface area contributed by atoms with Crippen molar-refractivity contribution in [3.63, 3.8) is 0 Å². The molecule has 0 fully saturated rings. The summed E-state index contributed by atoms with van der Waals surface area (Å²) in [5.74, 6) is -0.0780. The van der Waals surface area contributed by atoms with Crippen LogP contribution >= 0.6 is 0 Å². The fraction of sp³-hybridized carbons (Fsp3) is 0.333. The Morgan fingerprint density at radius 1 is 1.44 bits per heavy atom. The van der Waals surface area contributed by atoms with Gasteiger partial charge < -0.3 is 4.42 Å². The summed E-state index contributed by atoms with van der Waals surface area (Å²) < 4.78 is 18.0. The summed E-state index contributed by atoms with van der Waals surface area (Å²) in [4.78, 5) is 15.7. The normalized spacial score (nSPS) is 11.2. The van der Waals surface area contributed by atoms with Crippen LogP contribution in [-0.2, 0) is 6.42 Å². The van der Waals surface area contributed by atoms with Gasteiger partial charge in [-0.3, -0.25) is 0 Å². The van der Waals surface area contributed by atoms with E-state index < -0.39 is 5.63 Å². The van der Waals surface area contributed by atoms with Crippen LogP contribution in [0, 0.1) is 11.7 Å². The Morgan fingerprint density at radius 2 is 2.19 bits per heavy atom. The molecule has 0 aliphatic carbocycles. The van der Waals surface area contributed by atoms with Crippen molar-refractivity contribution in [2.24, 2.45) is 5.92 Å². The van der Waals surface area contributed by atoms with Gasteiger partial charge in [-0.1, -0.05) is 13.8 Å². The maximum atomic E-state index is 13.0. The molecule has 84 valence electrons. The Bertz CT molecular complexity index is 575. The Kier molecular flexibility index (Phi) is 2.73. The lowest BCUT2D eigenvalue weighted by atomic mass is 10.1. The summed E-state index contributed by atoms with van der Waals surface area (Å²) in [6, 6.07) is 3.93. The molecule has 0 saturated heterocycles. The summed E-state index contributed by atoms with van der Waals surface area (Å²) >= 11 is 0. The van der Waals surface area contributed by atoms with Gasteiger partial charge in [-0.15, -0.1) is 0 Å². The lowest BCUT2D eigenvalue weighted by Gasteiger charge is -2.03. The van der Waals surface area contributed by atoms with Gasteiger partial charge in [-0.05, 0) is 24.5 Å². The molecule has 0 saturated carbocycles. The molecule has 0 amide bonds. The summed E-state index contributed by atoms with van der Waals surface area (Å²) in [7, 11) is 0. The second-order valence-electron chi connectivity index (χ2n) is 4.16. The molecule has 0 radical (unpaired) electrons. The zero-order valence-corrected chi connectivity index (χ0v) is 9.16. The number of benzene rings is 1. The largest absolute Gasteiger partial charge is 0.420 e. The van der Waals surface area contributed by atoms with Crippen LogP contribution in [-0.4, -0.2) is 4.98 Å². The minimum Gasteiger partial charge on any atom is -0.420 e. The van der Waals surface area contributed by atoms with Crippen molar-refractivity contribution in [3.05, 3.63) is 40.1 Å². The zero-order chi connectivity index (χ0) is 11.7. The second-order valence-corrected chi connectivity index (χ2v) is 4.16. The molecule has 16 heavy (non-hydrogen) atoms. The standard InChI is InChI=1S/C12H12FNO2/c1-7(2)5-10-12(15)16-11-4-3-8(13)6-9(11)14-10/h3-4,6-7H,5H2,1-2H3. The first-order chi connectivity index (χ1) is 7.56. The predicted octanol–water partition coefficient (Wildman–Crippen LogP) is 2.53. The van der Waals surface area contributed by atoms with E-state index in [1.165, 1.54) is 18.2 Å². The van der Waals surface area contributed by atoms with E-state index in [9.17, 15) is 9.18 Å². The number of nitrogens with zero attached hydrogens (tertiary/aromatic N) is 1. The number of rotatable bonds is 2. The highest BCUT2D eigenvalue weighted by molar-refractivity contribution is 5.71. The minimum atomic E-state index is -0.437. The highest BCUT2D eigenvalue weighted by atomic mass is 19.1. The number of halogens is 1. The number of hydrogen-bond donors (Lipinski definition) is 0. The molecule has 0 aliphatic rings. The van der Waals surface area contributed by atoms with Gasteiger partial charge in [-0.2, -0.15) is 0 Å². The van der Waals surface area contributed by atoms with Crippen LogP contribution < -0.4 is 5.63 Å². The first-order valence-corrected chi connectivity index (χ1v) is 5.15. The fourth-order valence-corrected chi connectivity index (χ4v) is 1.53. The quantitative estimate of drug-likeness (QED) is 0.782. The van der Waals surface area contributed by atoms with E-state index in [1.54, 1.807) is 0 Å². The summed E-state index contributed by atoms with van der Waals surface area (Å²) in [6.07, 6.45) is 0.536. The van der Waals surface area contributed by atoms with Crippen molar-refractivity contribution in [2.45, 2.75) is 20.3 Å². The smallest absolute Gasteiger partial charge is 0.358 e. The molecule has 0 aliphatic heterocycles. The average molecular weight is 221 g/mol. The second kappa shape index (κ2) is 4.04. The van der Waals surface area contributed by atoms with Crippen molar-refractivity contribution >= 4 is 11.1 Å². The molecule has 1 aromatic carbocycles. The molecule has 0 atom stereocenters. The maximum Gasteiger partial charge on any atom is 0.358 e. The van der Waals surface area contributed by atoms with Crippen LogP contribution in [0.3, 0.4) is 0 Å². The van der Waals surface area contributed by atoms with E-state index in [-0.39, 0.29) is 5.82 Å². The molecule has 0 spiro atoms. The third-order valence-corrected chi connectivity index (χ3v) is 2.22. The fourth-order valence-electron chi connectivity index (χ4n) is 1.53. The molecule has 0 bridgehead atoms. The Morgan fingerprint density at radius 3 is 2.88 bits per heavy atom. The topological polar surface area (TPSA) is 43.1 Å². The molecule has 3 nitrogen and oxygen atoms in total. The van der Waals surface area contributed by atoms with E-state index in [0.717, 1.165) is 0 Å². The SMILES string of the molecule is CC(C)Cc1nc2cc(F)ccc2oc1=O. The van der Waals surface area contributed by atoms with Crippen LogP contribution in [0.4, 0.5) is 4.39 Å². The van der Waals surface area contributed by atoms with Crippen LogP contribution in [0.1, 0.15) is 19.5 Å². The third kappa shape index (κ3) is 2.10. The lowest BCUT2D eigenvalue weighted by Crippen LogP contribution is -2.12. The summed E-state index contributed by atoms with van der Waals surface area (Å²) in [6.45, 7) is 3.97. The summed E-state index contributed by atoms with van der Waals surface area (Å²) in [5.41, 5.74) is 0.620. The van der Waals surface area contributed by atoms with Gasteiger partial charge in [0.25, 0.3) is 0 Å². The Hall–Kier alpha value is -1.71. The average Bonchev–Trinajstić information content (AvgIpc) is 2.19. The van der Waals surface area contributed by atoms with Crippen molar-refractivity contribution in [1.29, 1.82) is 0 Å². The van der Waals surface area contributed by atoms with E-state index in [1.807, 2.05) is 13.8 Å². The van der Waals surface area contributed by atoms with E-state index in [4.69, 9.17) is 4.42 Å². The summed E-state index contributed by atoms with van der Waals surface area (Å²) in [5, 5.41) is 0. The van der Waals surface area contributed by atoms with E-state index in [0.29, 0.717) is 29.1 Å². The van der Waals surface area contributed by atoms with Gasteiger partial charge in [-0.25, -0.2) is 14.2 Å². The molecular weight excluding hydrogens is 209 g/mol. The molecule has 0 N–H and O–H groups in total. The maximum absolute atomic E-state index is 13.0. The molecule has 2 aromatic rings. The molecule has 1 aromatic heterocycles. The number of fused-ring (bicyclic) bond motifs is 1. The lowest BCUT2D eigenvalue weighted by molar-refractivity contribution is 0.522. The van der Waals surface area contributed by atoms with Crippen molar-refractivity contribution in [2.75, 3.05) is 0 Å². The van der Waals surface area contributed by atoms with E-state index in [2.05, 4.69) is 4.98 Å². The Balaban J connectivity index is 2.60. The highest BCUT2D eigenvalue weighted by Crippen LogP contribution is 2.12. The zero-order valence-electron chi connectivity index (χ0n) is 9.16. The van der Waals surface area contributed by atoms with Gasteiger partial charge in [0.15, 0.2) is 5.58 Å². The first-order valence-electron chi connectivity index (χ1n) is 5.15. The van der Waals surface area contributed by atoms with Crippen LogP contribution in [0.5, 0.6) is 0 Å². The van der Waals surface area contributed by atoms with Gasteiger partial charge in [0.05, 0.1) is 0 Å². The third-order valence-electron chi connectivity index (χ3n) is 2.22. The van der Waals surface area contributed by atoms with Crippen LogP contribution in [0.25, 0.3) is 11.1 Å². The molecule has 0 unspecified atom stereocenters. The predicted molar refractivity (Wildman–Crippen MR) is 58.8 cm³/mol. The van der Waals surface area contributed by atoms with Gasteiger partial charge >= 0.3 is 5.63 Å². The van der Waals surface area contributed by atoms with Crippen molar-refractivity contribution in [1.82, 2.24) is 4.98 Å². The molecule has 2 rings (SSSR count). The molecular formula is C12H12FNO2. The van der Waals surface area contributed by atoms with Gasteiger partial charge in [0, 0.05) is 6.07 Å². The van der Waals surface area contributed by atoms with Crippen molar-refractivity contribution in [3.8, 4) is 0 Å². The highest BCUT2D eigenvalue weighted by Gasteiger charge is 2.09. The minimum absolute atomic E-state index is 0.307. The van der Waals surface area contributed by atoms with E-state index >= 15 is 0 Å². The van der Waals surface area contributed by atoms with Crippen molar-refractivity contribution < 1.29 is 8.81 Å². The number of aromatic nitrogens is 1. The van der Waals surface area contributed by atoms with Crippen LogP contribution in [0.2, 0.25) is 0 Å². The van der Waals surface area contributed by atoms with Gasteiger partial charge in [0.2, 0.25) is 0 Å². The molecule has 4 heteroatoms. The van der Waals surface area contributed by atoms with Gasteiger partial charge in [0.1, 0.15) is 17.0 Å². The number of hydrogen-bond acceptors (Lipinski definition) is 3. The molecule has 1 heterocycles.